The van der Waals surface area contributed by atoms with Crippen molar-refractivity contribution in [2.75, 3.05) is 39.3 Å². The fraction of sp³-hybridized carbons (Fsp3) is 0.238. The summed E-state index contributed by atoms with van der Waals surface area (Å²) in [5, 5.41) is 0. The van der Waals surface area contributed by atoms with Crippen LogP contribution in [0.5, 0.6) is 28.7 Å². The van der Waals surface area contributed by atoms with Crippen molar-refractivity contribution in [1.29, 1.82) is 0 Å². The molecular formula is C42H39N5O7S2. The van der Waals surface area contributed by atoms with Crippen LogP contribution in [0.4, 0.5) is 17.1 Å². The standard InChI is InChI=1S/C42H39N5O7S2/c1-50-32-11-7-26(8-12-32)28-16-31-22-44-36-20-40(38(52-3)18-34(36)42(49)47(31)24-28)54-14-4-13-53-39-19-35-33(17-37(39)51-2)41(48)46-23-27(15-30(46)21-43-35)25-5-9-29(10-6-25)45-56-55/h5-12,17-24,30-31,45,55H,4,13-16H2,1-3H3/t30-,31-/m0/s1. The molecule has 4 aromatic rings. The van der Waals surface area contributed by atoms with Gasteiger partial charge in [-0.1, -0.05) is 35.9 Å². The normalized spacial score (nSPS) is 17.9. The number of carbonyl (C=O) groups excluding carboxylic acids is 2. The number of nitrogens with one attached hydrogen (secondary N) is 1. The summed E-state index contributed by atoms with van der Waals surface area (Å²) in [6.45, 7) is 0.607. The third-order valence-electron chi connectivity index (χ3n) is 10.1. The van der Waals surface area contributed by atoms with Crippen LogP contribution in [0, 0.1) is 0 Å². The monoisotopic (exact) mass is 789 g/mol. The Morgan fingerprint density at radius 1 is 0.679 bits per heavy atom. The van der Waals surface area contributed by atoms with Gasteiger partial charge in [0.25, 0.3) is 11.8 Å². The Hall–Kier alpha value is -5.86. The molecule has 2 atom stereocenters. The first-order chi connectivity index (χ1) is 27.4. The predicted octanol–water partition coefficient (Wildman–Crippen LogP) is 8.41. The maximum Gasteiger partial charge on any atom is 0.260 e. The topological polar surface area (TPSA) is 124 Å². The number of methoxy groups -OCH3 is 3. The van der Waals surface area contributed by atoms with Crippen LogP contribution in [0.3, 0.4) is 0 Å². The Balaban J connectivity index is 0.901. The Labute approximate surface area is 333 Å². The van der Waals surface area contributed by atoms with Crippen LogP contribution in [0.25, 0.3) is 11.1 Å². The van der Waals surface area contributed by atoms with Gasteiger partial charge in [0.15, 0.2) is 23.0 Å². The van der Waals surface area contributed by atoms with Gasteiger partial charge in [-0.15, -0.1) is 0 Å². The van der Waals surface area contributed by atoms with Crippen molar-refractivity contribution in [3.63, 3.8) is 0 Å². The number of nitrogens with zero attached hydrogens (tertiary/aromatic N) is 4. The van der Waals surface area contributed by atoms with E-state index >= 15 is 0 Å². The number of benzene rings is 4. The van der Waals surface area contributed by atoms with Gasteiger partial charge < -0.3 is 38.2 Å². The highest BCUT2D eigenvalue weighted by Gasteiger charge is 2.35. The molecule has 8 rings (SSSR count). The molecule has 0 spiro atoms. The minimum absolute atomic E-state index is 0.156. The van der Waals surface area contributed by atoms with Crippen molar-refractivity contribution < 1.29 is 33.3 Å². The number of anilines is 1. The summed E-state index contributed by atoms with van der Waals surface area (Å²) in [6.07, 6.45) is 9.26. The molecule has 0 bridgehead atoms. The fourth-order valence-electron chi connectivity index (χ4n) is 7.18. The van der Waals surface area contributed by atoms with Crippen molar-refractivity contribution in [2.45, 2.75) is 31.3 Å². The van der Waals surface area contributed by atoms with E-state index in [1.807, 2.05) is 73.4 Å². The maximum absolute atomic E-state index is 13.8. The summed E-state index contributed by atoms with van der Waals surface area (Å²) in [5.74, 6) is 2.28. The number of hydrogen-bond donors (Lipinski definition) is 2. The van der Waals surface area contributed by atoms with E-state index in [0.717, 1.165) is 33.7 Å². The molecular weight excluding hydrogens is 751 g/mol. The highest BCUT2D eigenvalue weighted by atomic mass is 33.1. The van der Waals surface area contributed by atoms with Gasteiger partial charge in [0, 0.05) is 72.9 Å². The van der Waals surface area contributed by atoms with Crippen LogP contribution in [0.2, 0.25) is 0 Å². The van der Waals surface area contributed by atoms with Crippen LogP contribution in [0.15, 0.2) is 95.2 Å². The summed E-state index contributed by atoms with van der Waals surface area (Å²) < 4.78 is 31.9. The number of rotatable bonds is 13. The van der Waals surface area contributed by atoms with Gasteiger partial charge in [-0.3, -0.25) is 19.6 Å². The lowest BCUT2D eigenvalue weighted by Crippen LogP contribution is -2.32. The van der Waals surface area contributed by atoms with Gasteiger partial charge in [-0.05, 0) is 58.7 Å². The number of ether oxygens (including phenoxy) is 5. The zero-order valence-corrected chi connectivity index (χ0v) is 32.6. The van der Waals surface area contributed by atoms with Crippen LogP contribution in [0.1, 0.15) is 51.1 Å². The van der Waals surface area contributed by atoms with Crippen molar-refractivity contribution in [3.8, 4) is 28.7 Å². The third-order valence-corrected chi connectivity index (χ3v) is 10.7. The number of fused-ring (bicyclic) bond motifs is 4. The molecule has 14 heteroatoms. The van der Waals surface area contributed by atoms with Crippen molar-refractivity contribution in [2.24, 2.45) is 9.98 Å². The Bertz CT molecular complexity index is 2290. The van der Waals surface area contributed by atoms with Crippen LogP contribution < -0.4 is 28.4 Å². The molecule has 2 amide bonds. The zero-order chi connectivity index (χ0) is 38.8. The molecule has 4 heterocycles. The molecule has 4 aliphatic heterocycles. The van der Waals surface area contributed by atoms with E-state index in [2.05, 4.69) is 16.4 Å². The number of hydrogen-bond acceptors (Lipinski definition) is 12. The lowest BCUT2D eigenvalue weighted by molar-refractivity contribution is 0.0809. The van der Waals surface area contributed by atoms with Crippen LogP contribution in [-0.2, 0) is 0 Å². The predicted molar refractivity (Wildman–Crippen MR) is 223 cm³/mol. The fourth-order valence-corrected chi connectivity index (χ4v) is 7.73. The van der Waals surface area contributed by atoms with E-state index in [0.29, 0.717) is 78.0 Å². The minimum atomic E-state index is -0.205. The van der Waals surface area contributed by atoms with Gasteiger partial charge >= 0.3 is 0 Å². The van der Waals surface area contributed by atoms with Crippen molar-refractivity contribution in [1.82, 2.24) is 9.80 Å². The minimum Gasteiger partial charge on any atom is -0.497 e. The summed E-state index contributed by atoms with van der Waals surface area (Å²) in [5.41, 5.74) is 7.03. The average Bonchev–Trinajstić information content (AvgIpc) is 3.81. The smallest absolute Gasteiger partial charge is 0.260 e. The van der Waals surface area contributed by atoms with Gasteiger partial charge in [-0.2, -0.15) is 0 Å². The van der Waals surface area contributed by atoms with Crippen LogP contribution in [-0.4, -0.2) is 80.7 Å². The van der Waals surface area contributed by atoms with E-state index in [4.69, 9.17) is 33.7 Å². The molecule has 4 aromatic carbocycles. The number of thiol groups is 1. The average molecular weight is 790 g/mol. The number of carbonyl (C=O) groups is 2. The third kappa shape index (κ3) is 7.29. The Morgan fingerprint density at radius 2 is 1.16 bits per heavy atom. The molecule has 1 N–H and O–H groups in total. The van der Waals surface area contributed by atoms with Gasteiger partial charge in [-0.25, -0.2) is 0 Å². The van der Waals surface area contributed by atoms with Crippen molar-refractivity contribution in [3.05, 3.63) is 107 Å². The second-order valence-electron chi connectivity index (χ2n) is 13.4. The molecule has 0 unspecified atom stereocenters. The van der Waals surface area contributed by atoms with E-state index in [9.17, 15) is 9.59 Å². The first kappa shape index (κ1) is 37.1. The molecule has 0 fully saturated rings. The molecule has 12 nitrogen and oxygen atoms in total. The van der Waals surface area contributed by atoms with E-state index < -0.39 is 0 Å². The second-order valence-corrected chi connectivity index (χ2v) is 14.4. The number of amides is 2. The number of aliphatic imine (C=N–C) groups is 2. The summed E-state index contributed by atoms with van der Waals surface area (Å²) in [4.78, 5) is 40.4. The second kappa shape index (κ2) is 16.1. The van der Waals surface area contributed by atoms with Gasteiger partial charge in [0.2, 0.25) is 0 Å². The van der Waals surface area contributed by atoms with Gasteiger partial charge in [0.05, 0.1) is 69.1 Å². The lowest BCUT2D eigenvalue weighted by atomic mass is 10.0. The quantitative estimate of drug-likeness (QED) is 0.0595. The molecule has 0 radical (unpaired) electrons. The zero-order valence-electron chi connectivity index (χ0n) is 30.9. The van der Waals surface area contributed by atoms with E-state index in [1.165, 1.54) is 11.0 Å². The summed E-state index contributed by atoms with van der Waals surface area (Å²) in [6, 6.07) is 22.3. The summed E-state index contributed by atoms with van der Waals surface area (Å²) in [7, 11) is 5.96. The highest BCUT2D eigenvalue weighted by Crippen LogP contribution is 2.42. The summed E-state index contributed by atoms with van der Waals surface area (Å²) >= 11 is 4.14. The molecule has 4 aliphatic rings. The largest absolute Gasteiger partial charge is 0.497 e. The van der Waals surface area contributed by atoms with Crippen LogP contribution >= 0.6 is 22.6 Å². The molecule has 56 heavy (non-hydrogen) atoms. The SMILES string of the molecule is COc1ccc(C2=CN3C(=O)c4cc(OC)c(OCCCOc5cc6c(cc5OC)C(=O)N5C=C(c7ccc(NSS)cc7)C[C@H]5C=N6)cc4N=C[C@@H]3C2)cc1. The highest BCUT2D eigenvalue weighted by molar-refractivity contribution is 8.69. The first-order valence-corrected chi connectivity index (χ1v) is 19.9. The molecule has 0 aromatic heterocycles. The van der Waals surface area contributed by atoms with Gasteiger partial charge in [0.1, 0.15) is 5.75 Å². The van der Waals surface area contributed by atoms with E-state index in [-0.39, 0.29) is 23.9 Å². The maximum atomic E-state index is 13.8. The van der Waals surface area contributed by atoms with E-state index in [1.54, 1.807) is 55.4 Å². The Morgan fingerprint density at radius 3 is 1.61 bits per heavy atom. The molecule has 0 aliphatic carbocycles. The molecule has 286 valence electrons. The molecule has 0 saturated carbocycles. The lowest BCUT2D eigenvalue weighted by Gasteiger charge is -2.19. The first-order valence-electron chi connectivity index (χ1n) is 18.0. The molecule has 0 saturated heterocycles. The van der Waals surface area contributed by atoms with Crippen molar-refractivity contribution >= 4 is 75.1 Å². The Kier molecular flexibility index (Phi) is 10.7.